The maximum absolute atomic E-state index is 13.2. The normalized spacial score (nSPS) is 11.3. The maximum Gasteiger partial charge on any atom is 0.137 e. The molecule has 0 fully saturated rings. The average Bonchev–Trinajstić information content (AvgIpc) is 3.28. The molecule has 5 rings (SSSR count). The highest BCUT2D eigenvalue weighted by atomic mass is 19.1. The fourth-order valence-electron chi connectivity index (χ4n) is 3.91. The Bertz CT molecular complexity index is 1380. The number of hydrogen-bond donors (Lipinski definition) is 0. The zero-order valence-corrected chi connectivity index (χ0v) is 17.0. The van der Waals surface area contributed by atoms with Crippen molar-refractivity contribution in [1.82, 2.24) is 24.1 Å². The number of aromatic nitrogens is 5. The zero-order valence-electron chi connectivity index (χ0n) is 17.0. The van der Waals surface area contributed by atoms with Gasteiger partial charge in [-0.15, -0.1) is 0 Å². The van der Waals surface area contributed by atoms with E-state index in [0.29, 0.717) is 0 Å². The molecule has 0 aliphatic rings. The van der Waals surface area contributed by atoms with Crippen LogP contribution in [-0.4, -0.2) is 24.1 Å². The van der Waals surface area contributed by atoms with Gasteiger partial charge in [0.15, 0.2) is 0 Å². The Labute approximate surface area is 173 Å². The van der Waals surface area contributed by atoms with Crippen molar-refractivity contribution in [1.29, 1.82) is 0 Å². The summed E-state index contributed by atoms with van der Waals surface area (Å²) < 4.78 is 17.2. The Morgan fingerprint density at radius 2 is 1.67 bits per heavy atom. The number of fused-ring (bicyclic) bond motifs is 1. The van der Waals surface area contributed by atoms with Crippen LogP contribution in [0.2, 0.25) is 0 Å². The Kier molecular flexibility index (Phi) is 4.20. The number of rotatable bonds is 3. The molecule has 0 saturated heterocycles. The third-order valence-electron chi connectivity index (χ3n) is 5.51. The molecule has 0 unspecified atom stereocenters. The minimum Gasteiger partial charge on any atom is -0.300 e. The van der Waals surface area contributed by atoms with E-state index >= 15 is 0 Å². The van der Waals surface area contributed by atoms with Crippen molar-refractivity contribution in [2.75, 3.05) is 0 Å². The van der Waals surface area contributed by atoms with Gasteiger partial charge in [-0.1, -0.05) is 0 Å². The van der Waals surface area contributed by atoms with E-state index < -0.39 is 0 Å². The molecule has 6 heteroatoms. The molecule has 148 valence electrons. The monoisotopic (exact) mass is 397 g/mol. The molecule has 4 aromatic heterocycles. The number of benzene rings is 1. The van der Waals surface area contributed by atoms with Crippen LogP contribution < -0.4 is 0 Å². The van der Waals surface area contributed by atoms with Crippen LogP contribution >= 0.6 is 0 Å². The Balaban J connectivity index is 1.58. The predicted molar refractivity (Wildman–Crippen MR) is 115 cm³/mol. The van der Waals surface area contributed by atoms with Gasteiger partial charge in [-0.05, 0) is 67.9 Å². The zero-order chi connectivity index (χ0) is 20.8. The van der Waals surface area contributed by atoms with Crippen molar-refractivity contribution in [3.63, 3.8) is 0 Å². The van der Waals surface area contributed by atoms with Crippen LogP contribution in [0.3, 0.4) is 0 Å². The summed E-state index contributed by atoms with van der Waals surface area (Å²) in [6, 6.07) is 14.5. The van der Waals surface area contributed by atoms with E-state index in [1.54, 1.807) is 18.3 Å². The van der Waals surface area contributed by atoms with Crippen molar-refractivity contribution >= 4 is 5.65 Å². The second kappa shape index (κ2) is 6.91. The number of aryl methyl sites for hydroxylation is 2. The summed E-state index contributed by atoms with van der Waals surface area (Å²) in [4.78, 5) is 9.07. The summed E-state index contributed by atoms with van der Waals surface area (Å²) in [6.07, 6.45) is 5.67. The van der Waals surface area contributed by atoms with E-state index in [1.165, 1.54) is 12.1 Å². The lowest BCUT2D eigenvalue weighted by Gasteiger charge is -2.07. The molecular weight excluding hydrogens is 377 g/mol. The van der Waals surface area contributed by atoms with Gasteiger partial charge in [0.2, 0.25) is 0 Å². The highest BCUT2D eigenvalue weighted by Gasteiger charge is 2.14. The summed E-state index contributed by atoms with van der Waals surface area (Å²) >= 11 is 0. The highest BCUT2D eigenvalue weighted by molar-refractivity contribution is 5.74. The lowest BCUT2D eigenvalue weighted by atomic mass is 10.1. The second-order valence-corrected chi connectivity index (χ2v) is 7.39. The van der Waals surface area contributed by atoms with Gasteiger partial charge >= 0.3 is 0 Å². The second-order valence-electron chi connectivity index (χ2n) is 7.39. The first kappa shape index (κ1) is 18.2. The predicted octanol–water partition coefficient (Wildman–Crippen LogP) is 5.22. The van der Waals surface area contributed by atoms with Gasteiger partial charge in [-0.2, -0.15) is 5.10 Å². The van der Waals surface area contributed by atoms with E-state index in [4.69, 9.17) is 0 Å². The first-order valence-electron chi connectivity index (χ1n) is 9.71. The van der Waals surface area contributed by atoms with Crippen LogP contribution in [0.4, 0.5) is 4.39 Å². The van der Waals surface area contributed by atoms with Crippen LogP contribution in [0.1, 0.15) is 11.4 Å². The van der Waals surface area contributed by atoms with Gasteiger partial charge < -0.3 is 0 Å². The summed E-state index contributed by atoms with van der Waals surface area (Å²) in [7, 11) is 1.96. The summed E-state index contributed by atoms with van der Waals surface area (Å²) in [5, 5.41) is 4.52. The molecule has 0 N–H and O–H groups in total. The maximum atomic E-state index is 13.2. The third kappa shape index (κ3) is 2.97. The SMILES string of the molecule is Cc1nn(C)c(C)c1-c1ccn2c(-c3ccnc(-c4ccc(F)cc4)c3)cnc2c1. The van der Waals surface area contributed by atoms with Crippen molar-refractivity contribution in [2.45, 2.75) is 13.8 Å². The van der Waals surface area contributed by atoms with Crippen molar-refractivity contribution < 1.29 is 4.39 Å². The average molecular weight is 397 g/mol. The molecule has 0 aliphatic heterocycles. The lowest BCUT2D eigenvalue weighted by molar-refractivity contribution is 0.628. The third-order valence-corrected chi connectivity index (χ3v) is 5.51. The molecular formula is C24H20FN5. The van der Waals surface area contributed by atoms with Crippen molar-refractivity contribution in [2.24, 2.45) is 7.05 Å². The molecule has 5 aromatic rings. The van der Waals surface area contributed by atoms with Gasteiger partial charge in [0.05, 0.1) is 23.3 Å². The van der Waals surface area contributed by atoms with Gasteiger partial charge in [-0.25, -0.2) is 9.37 Å². The summed E-state index contributed by atoms with van der Waals surface area (Å²) in [6.45, 7) is 4.10. The molecule has 0 spiro atoms. The smallest absolute Gasteiger partial charge is 0.137 e. The van der Waals surface area contributed by atoms with Crippen LogP contribution in [0, 0.1) is 19.7 Å². The van der Waals surface area contributed by atoms with E-state index in [9.17, 15) is 4.39 Å². The number of imidazole rings is 1. The molecule has 0 bridgehead atoms. The Morgan fingerprint density at radius 3 is 2.40 bits per heavy atom. The summed E-state index contributed by atoms with van der Waals surface area (Å²) in [5.74, 6) is -0.258. The van der Waals surface area contributed by atoms with Crippen molar-refractivity contribution in [3.8, 4) is 33.6 Å². The first-order chi connectivity index (χ1) is 14.5. The quantitative estimate of drug-likeness (QED) is 0.419. The van der Waals surface area contributed by atoms with Crippen LogP contribution in [-0.2, 0) is 7.05 Å². The number of pyridine rings is 2. The van der Waals surface area contributed by atoms with Gasteiger partial charge in [-0.3, -0.25) is 14.1 Å². The lowest BCUT2D eigenvalue weighted by Crippen LogP contribution is -1.93. The van der Waals surface area contributed by atoms with Gasteiger partial charge in [0, 0.05) is 41.8 Å². The summed E-state index contributed by atoms with van der Waals surface area (Å²) in [5.41, 5.74) is 8.88. The Morgan fingerprint density at radius 1 is 0.867 bits per heavy atom. The molecule has 5 nitrogen and oxygen atoms in total. The van der Waals surface area contributed by atoms with E-state index in [2.05, 4.69) is 38.5 Å². The highest BCUT2D eigenvalue weighted by Crippen LogP contribution is 2.30. The molecule has 30 heavy (non-hydrogen) atoms. The molecule has 1 aromatic carbocycles. The largest absolute Gasteiger partial charge is 0.300 e. The van der Waals surface area contributed by atoms with E-state index in [0.717, 1.165) is 50.7 Å². The van der Waals surface area contributed by atoms with Crippen LogP contribution in [0.15, 0.2) is 67.1 Å². The molecule has 0 saturated carbocycles. The van der Waals surface area contributed by atoms with E-state index in [-0.39, 0.29) is 5.82 Å². The minimum absolute atomic E-state index is 0.258. The fourth-order valence-corrected chi connectivity index (χ4v) is 3.91. The minimum atomic E-state index is -0.258. The first-order valence-corrected chi connectivity index (χ1v) is 9.71. The number of halogens is 1. The number of hydrogen-bond acceptors (Lipinski definition) is 3. The van der Waals surface area contributed by atoms with Gasteiger partial charge in [0.1, 0.15) is 11.5 Å². The fraction of sp³-hybridized carbons (Fsp3) is 0.125. The van der Waals surface area contributed by atoms with Gasteiger partial charge in [0.25, 0.3) is 0 Å². The molecule has 4 heterocycles. The topological polar surface area (TPSA) is 48.0 Å². The van der Waals surface area contributed by atoms with Crippen molar-refractivity contribution in [3.05, 3.63) is 84.3 Å². The van der Waals surface area contributed by atoms with Crippen LogP contribution in [0.25, 0.3) is 39.3 Å². The Hall–Kier alpha value is -3.80. The van der Waals surface area contributed by atoms with Crippen LogP contribution in [0.5, 0.6) is 0 Å². The molecule has 0 radical (unpaired) electrons. The number of nitrogens with zero attached hydrogens (tertiary/aromatic N) is 5. The molecule has 0 aliphatic carbocycles. The molecule has 0 amide bonds. The standard InChI is InChI=1S/C24H20FN5/c1-15-24(16(2)29(3)28-15)19-9-11-30-22(14-27-23(30)13-19)18-8-10-26-21(12-18)17-4-6-20(25)7-5-17/h4-14H,1-3H3. The molecule has 0 atom stereocenters. The van der Waals surface area contributed by atoms with E-state index in [1.807, 2.05) is 43.2 Å².